The summed E-state index contributed by atoms with van der Waals surface area (Å²) in [5.74, 6) is 5.90. The molecule has 1 aromatic rings. The van der Waals surface area contributed by atoms with Gasteiger partial charge in [0.25, 0.3) is 5.91 Å². The lowest BCUT2D eigenvalue weighted by atomic mass is 10.0. The standard InChI is InChI=1S/C15H23N3O2/c1-11-5-6-14(17-16)13(8-11)15(19)18(2)9-12-4-3-7-20-10-12/h5-6,8,12,17H,3-4,7,9-10,16H2,1-2H3. The van der Waals surface area contributed by atoms with Crippen molar-refractivity contribution in [1.82, 2.24) is 4.90 Å². The van der Waals surface area contributed by atoms with Crippen LogP contribution < -0.4 is 11.3 Å². The van der Waals surface area contributed by atoms with E-state index < -0.39 is 0 Å². The summed E-state index contributed by atoms with van der Waals surface area (Å²) in [6.07, 6.45) is 2.19. The number of nitrogens with one attached hydrogen (secondary N) is 1. The highest BCUT2D eigenvalue weighted by Gasteiger charge is 2.21. The van der Waals surface area contributed by atoms with Crippen LogP contribution in [-0.2, 0) is 4.74 Å². The minimum absolute atomic E-state index is 0.00720. The van der Waals surface area contributed by atoms with Gasteiger partial charge in [0.1, 0.15) is 0 Å². The third kappa shape index (κ3) is 3.49. The maximum atomic E-state index is 12.5. The SMILES string of the molecule is Cc1ccc(NN)c(C(=O)N(C)CC2CCCOC2)c1. The average Bonchev–Trinajstić information content (AvgIpc) is 2.47. The molecule has 1 aliphatic heterocycles. The molecule has 5 nitrogen and oxygen atoms in total. The van der Waals surface area contributed by atoms with Gasteiger partial charge in [0.05, 0.1) is 17.9 Å². The Kier molecular flexibility index (Phi) is 4.98. The summed E-state index contributed by atoms with van der Waals surface area (Å²) in [5.41, 5.74) is 4.91. The Balaban J connectivity index is 2.07. The van der Waals surface area contributed by atoms with E-state index in [2.05, 4.69) is 5.43 Å². The zero-order chi connectivity index (χ0) is 14.5. The van der Waals surface area contributed by atoms with Crippen molar-refractivity contribution >= 4 is 11.6 Å². The topological polar surface area (TPSA) is 67.6 Å². The first-order chi connectivity index (χ1) is 9.61. The van der Waals surface area contributed by atoms with Crippen LogP contribution in [0.25, 0.3) is 0 Å². The number of aryl methyl sites for hydroxylation is 1. The van der Waals surface area contributed by atoms with E-state index in [-0.39, 0.29) is 5.91 Å². The number of hydrogen-bond donors (Lipinski definition) is 2. The Morgan fingerprint density at radius 3 is 3.00 bits per heavy atom. The first kappa shape index (κ1) is 14.8. The largest absolute Gasteiger partial charge is 0.381 e. The van der Waals surface area contributed by atoms with Crippen molar-refractivity contribution in [2.24, 2.45) is 11.8 Å². The molecule has 1 unspecified atom stereocenters. The number of hydrazine groups is 1. The first-order valence-electron chi connectivity index (χ1n) is 7.02. The molecule has 1 fully saturated rings. The van der Waals surface area contributed by atoms with Gasteiger partial charge in [0, 0.05) is 20.2 Å². The van der Waals surface area contributed by atoms with Gasteiger partial charge < -0.3 is 15.1 Å². The molecule has 1 aliphatic rings. The van der Waals surface area contributed by atoms with Crippen molar-refractivity contribution < 1.29 is 9.53 Å². The Labute approximate surface area is 120 Å². The number of ether oxygens (including phenoxy) is 1. The van der Waals surface area contributed by atoms with Crippen LogP contribution >= 0.6 is 0 Å². The number of carbonyl (C=O) groups is 1. The zero-order valence-electron chi connectivity index (χ0n) is 12.2. The maximum Gasteiger partial charge on any atom is 0.255 e. The number of hydrogen-bond acceptors (Lipinski definition) is 4. The van der Waals surface area contributed by atoms with Crippen LogP contribution in [0.15, 0.2) is 18.2 Å². The fourth-order valence-electron chi connectivity index (χ4n) is 2.59. The van der Waals surface area contributed by atoms with Crippen LogP contribution in [0.3, 0.4) is 0 Å². The van der Waals surface area contributed by atoms with Crippen molar-refractivity contribution in [2.45, 2.75) is 19.8 Å². The summed E-state index contributed by atoms with van der Waals surface area (Å²) < 4.78 is 5.46. The van der Waals surface area contributed by atoms with Gasteiger partial charge in [0.2, 0.25) is 0 Å². The quantitative estimate of drug-likeness (QED) is 0.650. The van der Waals surface area contributed by atoms with Crippen LogP contribution in [0.1, 0.15) is 28.8 Å². The predicted octanol–water partition coefficient (Wildman–Crippen LogP) is 1.78. The van der Waals surface area contributed by atoms with Gasteiger partial charge in [-0.05, 0) is 37.8 Å². The average molecular weight is 277 g/mol. The van der Waals surface area contributed by atoms with Crippen molar-refractivity contribution in [3.63, 3.8) is 0 Å². The summed E-state index contributed by atoms with van der Waals surface area (Å²) in [7, 11) is 1.83. The lowest BCUT2D eigenvalue weighted by Crippen LogP contribution is -2.35. The molecule has 1 atom stereocenters. The third-order valence-corrected chi connectivity index (χ3v) is 3.69. The number of amides is 1. The molecule has 0 spiro atoms. The summed E-state index contributed by atoms with van der Waals surface area (Å²) in [6, 6.07) is 5.63. The zero-order valence-corrected chi connectivity index (χ0v) is 12.2. The van der Waals surface area contributed by atoms with Crippen LogP contribution in [0.2, 0.25) is 0 Å². The maximum absolute atomic E-state index is 12.5. The molecular formula is C15H23N3O2. The minimum atomic E-state index is -0.00720. The molecule has 5 heteroatoms. The molecule has 0 radical (unpaired) electrons. The first-order valence-corrected chi connectivity index (χ1v) is 7.02. The Hall–Kier alpha value is -1.59. The molecule has 0 saturated carbocycles. The van der Waals surface area contributed by atoms with Crippen LogP contribution in [0.4, 0.5) is 5.69 Å². The van der Waals surface area contributed by atoms with Gasteiger partial charge in [0.15, 0.2) is 0 Å². The molecule has 1 saturated heterocycles. The Morgan fingerprint density at radius 1 is 1.55 bits per heavy atom. The normalized spacial score (nSPS) is 18.6. The minimum Gasteiger partial charge on any atom is -0.381 e. The smallest absolute Gasteiger partial charge is 0.255 e. The summed E-state index contributed by atoms with van der Waals surface area (Å²) >= 11 is 0. The number of rotatable bonds is 4. The number of anilines is 1. The predicted molar refractivity (Wildman–Crippen MR) is 79.5 cm³/mol. The second-order valence-corrected chi connectivity index (χ2v) is 5.46. The molecule has 1 aromatic carbocycles. The molecule has 20 heavy (non-hydrogen) atoms. The fourth-order valence-corrected chi connectivity index (χ4v) is 2.59. The molecular weight excluding hydrogens is 254 g/mol. The van der Waals surface area contributed by atoms with Gasteiger partial charge >= 0.3 is 0 Å². The molecule has 1 amide bonds. The number of benzene rings is 1. The van der Waals surface area contributed by atoms with Crippen molar-refractivity contribution in [2.75, 3.05) is 32.2 Å². The van der Waals surface area contributed by atoms with Crippen molar-refractivity contribution in [1.29, 1.82) is 0 Å². The van der Waals surface area contributed by atoms with E-state index in [0.717, 1.165) is 38.2 Å². The Morgan fingerprint density at radius 2 is 2.35 bits per heavy atom. The van der Waals surface area contributed by atoms with E-state index >= 15 is 0 Å². The van der Waals surface area contributed by atoms with E-state index in [1.807, 2.05) is 32.2 Å². The lowest BCUT2D eigenvalue weighted by molar-refractivity contribution is 0.0389. The van der Waals surface area contributed by atoms with E-state index in [1.165, 1.54) is 0 Å². The monoisotopic (exact) mass is 277 g/mol. The van der Waals surface area contributed by atoms with Gasteiger partial charge in [-0.1, -0.05) is 11.6 Å². The van der Waals surface area contributed by atoms with E-state index in [0.29, 0.717) is 17.2 Å². The molecule has 110 valence electrons. The van der Waals surface area contributed by atoms with E-state index in [4.69, 9.17) is 10.6 Å². The molecule has 2 rings (SSSR count). The molecule has 0 bridgehead atoms. The van der Waals surface area contributed by atoms with Gasteiger partial charge in [-0.25, -0.2) is 0 Å². The number of nitrogens with two attached hydrogens (primary N) is 1. The highest BCUT2D eigenvalue weighted by Crippen LogP contribution is 2.20. The highest BCUT2D eigenvalue weighted by atomic mass is 16.5. The van der Waals surface area contributed by atoms with Crippen molar-refractivity contribution in [3.05, 3.63) is 29.3 Å². The number of nitrogens with zero attached hydrogens (tertiary/aromatic N) is 1. The summed E-state index contributed by atoms with van der Waals surface area (Å²) in [6.45, 7) is 4.27. The van der Waals surface area contributed by atoms with Crippen molar-refractivity contribution in [3.8, 4) is 0 Å². The second-order valence-electron chi connectivity index (χ2n) is 5.46. The van der Waals surface area contributed by atoms with E-state index in [9.17, 15) is 4.79 Å². The van der Waals surface area contributed by atoms with Gasteiger partial charge in [-0.2, -0.15) is 0 Å². The summed E-state index contributed by atoms with van der Waals surface area (Å²) in [5, 5.41) is 0. The van der Waals surface area contributed by atoms with Gasteiger partial charge in [-0.15, -0.1) is 0 Å². The van der Waals surface area contributed by atoms with Crippen LogP contribution in [-0.4, -0.2) is 37.6 Å². The Bertz CT molecular complexity index is 470. The molecule has 0 aromatic heterocycles. The van der Waals surface area contributed by atoms with Crippen LogP contribution in [0, 0.1) is 12.8 Å². The highest BCUT2D eigenvalue weighted by molar-refractivity contribution is 5.99. The van der Waals surface area contributed by atoms with Crippen LogP contribution in [0.5, 0.6) is 0 Å². The second kappa shape index (κ2) is 6.72. The lowest BCUT2D eigenvalue weighted by Gasteiger charge is -2.27. The third-order valence-electron chi connectivity index (χ3n) is 3.69. The number of carbonyl (C=O) groups excluding carboxylic acids is 1. The van der Waals surface area contributed by atoms with E-state index in [1.54, 1.807) is 4.90 Å². The number of nitrogen functional groups attached to an aromatic ring is 1. The molecule has 1 heterocycles. The molecule has 0 aliphatic carbocycles. The van der Waals surface area contributed by atoms with Gasteiger partial charge in [-0.3, -0.25) is 10.6 Å². The molecule has 3 N–H and O–H groups in total. The fraction of sp³-hybridized carbons (Fsp3) is 0.533. The summed E-state index contributed by atoms with van der Waals surface area (Å²) in [4.78, 5) is 14.3.